The highest BCUT2D eigenvalue weighted by molar-refractivity contribution is 5.68. The van der Waals surface area contributed by atoms with E-state index in [4.69, 9.17) is 9.84 Å². The highest BCUT2D eigenvalue weighted by atomic mass is 16.5. The first-order valence-electron chi connectivity index (χ1n) is 16.6. The van der Waals surface area contributed by atoms with E-state index in [-0.39, 0.29) is 12.6 Å². The van der Waals surface area contributed by atoms with Crippen LogP contribution in [0.2, 0.25) is 0 Å². The van der Waals surface area contributed by atoms with Gasteiger partial charge in [0.05, 0.1) is 12.6 Å². The summed E-state index contributed by atoms with van der Waals surface area (Å²) in [5.74, 6) is 0.904. The first kappa shape index (κ1) is 37.1. The average molecular weight is 538 g/mol. The third-order valence-corrected chi connectivity index (χ3v) is 7.41. The molecule has 2 N–H and O–H groups in total. The minimum atomic E-state index is -0.791. The molecule has 0 saturated heterocycles. The number of hydrogen-bond acceptors (Lipinski definition) is 3. The Bertz CT molecular complexity index is 518. The van der Waals surface area contributed by atoms with Gasteiger partial charge in [-0.25, -0.2) is 0 Å². The number of ether oxygens (including phenoxy) is 1. The Balaban J connectivity index is 3.83. The van der Waals surface area contributed by atoms with E-state index < -0.39 is 5.97 Å². The average Bonchev–Trinajstić information content (AvgIpc) is 2.86. The van der Waals surface area contributed by atoms with Crippen molar-refractivity contribution in [3.8, 4) is 0 Å². The molecular weight excluding hydrogens is 470 g/mol. The molecule has 0 aromatic heterocycles. The predicted octanol–water partition coefficient (Wildman–Crippen LogP) is 10.1. The lowest BCUT2D eigenvalue weighted by molar-refractivity contribution is -0.136. The SMILES string of the molecule is CC(C)CCCCCCCC=CCCCOC(CCCCCCCCCCCC(C)C)CCNCC(=O)O. The Labute approximate surface area is 238 Å². The lowest BCUT2D eigenvalue weighted by atomic mass is 10.0. The van der Waals surface area contributed by atoms with Crippen LogP contribution in [-0.4, -0.2) is 36.9 Å². The molecule has 0 saturated carbocycles. The molecule has 0 radical (unpaired) electrons. The molecule has 1 atom stereocenters. The van der Waals surface area contributed by atoms with Gasteiger partial charge < -0.3 is 15.2 Å². The fourth-order valence-corrected chi connectivity index (χ4v) is 4.96. The van der Waals surface area contributed by atoms with Crippen molar-refractivity contribution in [1.29, 1.82) is 0 Å². The number of unbranched alkanes of at least 4 members (excludes halogenated alkanes) is 14. The summed E-state index contributed by atoms with van der Waals surface area (Å²) in [5.41, 5.74) is 0. The van der Waals surface area contributed by atoms with Gasteiger partial charge in [0, 0.05) is 6.61 Å². The van der Waals surface area contributed by atoms with Crippen LogP contribution in [-0.2, 0) is 9.53 Å². The number of nitrogens with one attached hydrogen (secondary N) is 1. The highest BCUT2D eigenvalue weighted by Gasteiger charge is 2.09. The molecule has 0 rings (SSSR count). The van der Waals surface area contributed by atoms with Gasteiger partial charge in [0.25, 0.3) is 0 Å². The zero-order chi connectivity index (χ0) is 28.1. The van der Waals surface area contributed by atoms with E-state index in [1.807, 2.05) is 0 Å². The number of rotatable bonds is 30. The third-order valence-electron chi connectivity index (χ3n) is 7.41. The molecule has 0 aliphatic rings. The summed E-state index contributed by atoms with van der Waals surface area (Å²) in [5, 5.41) is 11.9. The third kappa shape index (κ3) is 31.3. The van der Waals surface area contributed by atoms with Gasteiger partial charge in [0.2, 0.25) is 0 Å². The number of allylic oxidation sites excluding steroid dienone is 2. The highest BCUT2D eigenvalue weighted by Crippen LogP contribution is 2.16. The molecule has 1 unspecified atom stereocenters. The summed E-state index contributed by atoms with van der Waals surface area (Å²) in [6.45, 7) is 10.8. The molecule has 0 fully saturated rings. The van der Waals surface area contributed by atoms with Gasteiger partial charge in [-0.1, -0.05) is 136 Å². The topological polar surface area (TPSA) is 58.6 Å². The molecule has 4 heteroatoms. The summed E-state index contributed by atoms with van der Waals surface area (Å²) in [6.07, 6.45) is 32.1. The van der Waals surface area contributed by atoms with E-state index in [2.05, 4.69) is 45.2 Å². The van der Waals surface area contributed by atoms with Crippen LogP contribution < -0.4 is 5.32 Å². The number of hydrogen-bond donors (Lipinski definition) is 2. The molecule has 4 nitrogen and oxygen atoms in total. The van der Waals surface area contributed by atoms with E-state index in [1.54, 1.807) is 0 Å². The standard InChI is InChI=1S/C34H67NO3/c1-31(2)24-20-16-12-8-5-6-11-15-19-23-29-38-33(27-28-35-30-34(36)37)26-22-18-14-10-7-9-13-17-21-25-32(3)4/h11,15,31-33,35H,5-10,12-14,16-30H2,1-4H3,(H,36,37). The normalized spacial score (nSPS) is 12.8. The molecule has 0 bridgehead atoms. The van der Waals surface area contributed by atoms with Crippen molar-refractivity contribution < 1.29 is 14.6 Å². The fourth-order valence-electron chi connectivity index (χ4n) is 4.96. The summed E-state index contributed by atoms with van der Waals surface area (Å²) < 4.78 is 6.23. The maximum Gasteiger partial charge on any atom is 0.317 e. The monoisotopic (exact) mass is 538 g/mol. The van der Waals surface area contributed by atoms with Crippen molar-refractivity contribution in [3.05, 3.63) is 12.2 Å². The second-order valence-electron chi connectivity index (χ2n) is 12.4. The van der Waals surface area contributed by atoms with Gasteiger partial charge in [-0.3, -0.25) is 4.79 Å². The molecule has 0 heterocycles. The van der Waals surface area contributed by atoms with Gasteiger partial charge in [-0.15, -0.1) is 0 Å². The molecule has 0 aliphatic carbocycles. The van der Waals surface area contributed by atoms with E-state index in [1.165, 1.54) is 109 Å². The van der Waals surface area contributed by atoms with E-state index in [0.29, 0.717) is 6.54 Å². The summed E-state index contributed by atoms with van der Waals surface area (Å²) in [6, 6.07) is 0. The quantitative estimate of drug-likeness (QED) is 0.0707. The van der Waals surface area contributed by atoms with E-state index >= 15 is 0 Å². The van der Waals surface area contributed by atoms with Crippen LogP contribution in [0.4, 0.5) is 0 Å². The van der Waals surface area contributed by atoms with Crippen molar-refractivity contribution in [2.45, 2.75) is 169 Å². The zero-order valence-corrected chi connectivity index (χ0v) is 26.1. The Morgan fingerprint density at radius 1 is 0.632 bits per heavy atom. The number of carbonyl (C=O) groups is 1. The summed E-state index contributed by atoms with van der Waals surface area (Å²) >= 11 is 0. The van der Waals surface area contributed by atoms with Crippen molar-refractivity contribution in [1.82, 2.24) is 5.32 Å². The van der Waals surface area contributed by atoms with Crippen LogP contribution in [0.3, 0.4) is 0 Å². The molecule has 0 aliphatic heterocycles. The van der Waals surface area contributed by atoms with E-state index in [9.17, 15) is 4.79 Å². The van der Waals surface area contributed by atoms with Gasteiger partial charge >= 0.3 is 5.97 Å². The molecule has 0 spiro atoms. The lowest BCUT2D eigenvalue weighted by Gasteiger charge is -2.18. The Morgan fingerprint density at radius 2 is 1.08 bits per heavy atom. The molecule has 0 amide bonds. The molecular formula is C34H67NO3. The molecule has 226 valence electrons. The van der Waals surface area contributed by atoms with Crippen molar-refractivity contribution in [2.24, 2.45) is 11.8 Å². The molecule has 0 aromatic rings. The van der Waals surface area contributed by atoms with Crippen LogP contribution in [0, 0.1) is 11.8 Å². The van der Waals surface area contributed by atoms with Gasteiger partial charge in [-0.2, -0.15) is 0 Å². The lowest BCUT2D eigenvalue weighted by Crippen LogP contribution is -2.27. The van der Waals surface area contributed by atoms with Gasteiger partial charge in [0.15, 0.2) is 0 Å². The molecule has 38 heavy (non-hydrogen) atoms. The minimum absolute atomic E-state index is 0.0347. The first-order chi connectivity index (χ1) is 18.4. The Hall–Kier alpha value is -0.870. The number of aliphatic carboxylic acids is 1. The van der Waals surface area contributed by atoms with Crippen molar-refractivity contribution in [2.75, 3.05) is 19.7 Å². The second kappa shape index (κ2) is 29.1. The van der Waals surface area contributed by atoms with E-state index in [0.717, 1.165) is 44.1 Å². The van der Waals surface area contributed by atoms with Crippen molar-refractivity contribution in [3.63, 3.8) is 0 Å². The smallest absolute Gasteiger partial charge is 0.317 e. The van der Waals surface area contributed by atoms with Crippen LogP contribution in [0.15, 0.2) is 12.2 Å². The van der Waals surface area contributed by atoms with Crippen LogP contribution in [0.1, 0.15) is 163 Å². The maximum absolute atomic E-state index is 10.8. The maximum atomic E-state index is 10.8. The zero-order valence-electron chi connectivity index (χ0n) is 26.1. The second-order valence-corrected chi connectivity index (χ2v) is 12.4. The van der Waals surface area contributed by atoms with Crippen molar-refractivity contribution >= 4 is 5.97 Å². The number of carboxylic acid groups (broad SMARTS) is 1. The van der Waals surface area contributed by atoms with Gasteiger partial charge in [-0.05, 0) is 56.9 Å². The minimum Gasteiger partial charge on any atom is -0.480 e. The Morgan fingerprint density at radius 3 is 1.58 bits per heavy atom. The number of carboxylic acids is 1. The Kier molecular flexibility index (Phi) is 28.5. The molecule has 0 aromatic carbocycles. The first-order valence-corrected chi connectivity index (χ1v) is 16.6. The largest absolute Gasteiger partial charge is 0.480 e. The summed E-state index contributed by atoms with van der Waals surface area (Å²) in [7, 11) is 0. The van der Waals surface area contributed by atoms with Gasteiger partial charge in [0.1, 0.15) is 0 Å². The van der Waals surface area contributed by atoms with Crippen LogP contribution >= 0.6 is 0 Å². The fraction of sp³-hybridized carbons (Fsp3) is 0.912. The van der Waals surface area contributed by atoms with Crippen LogP contribution in [0.25, 0.3) is 0 Å². The van der Waals surface area contributed by atoms with Crippen LogP contribution in [0.5, 0.6) is 0 Å². The predicted molar refractivity (Wildman–Crippen MR) is 166 cm³/mol. The summed E-state index contributed by atoms with van der Waals surface area (Å²) in [4.78, 5) is 10.8.